The largest absolute Gasteiger partial charge is 0.467 e. The molecule has 6 heteroatoms. The molecule has 0 fully saturated rings. The van der Waals surface area contributed by atoms with Gasteiger partial charge in [-0.2, -0.15) is 0 Å². The number of nitro groups is 1. The summed E-state index contributed by atoms with van der Waals surface area (Å²) in [5.74, 6) is 0.819. The number of anilines is 2. The zero-order valence-electron chi connectivity index (χ0n) is 10.6. The molecule has 6 nitrogen and oxygen atoms in total. The fourth-order valence-corrected chi connectivity index (χ4v) is 1.90. The Balaban J connectivity index is 2.25. The van der Waals surface area contributed by atoms with Crippen LogP contribution in [0.2, 0.25) is 0 Å². The van der Waals surface area contributed by atoms with E-state index in [1.54, 1.807) is 12.3 Å². The molecule has 2 N–H and O–H groups in total. The first kappa shape index (κ1) is 12.9. The predicted molar refractivity (Wildman–Crippen MR) is 72.9 cm³/mol. The number of nitrogens with two attached hydrogens (primary N) is 1. The van der Waals surface area contributed by atoms with Gasteiger partial charge in [-0.3, -0.25) is 10.1 Å². The summed E-state index contributed by atoms with van der Waals surface area (Å²) in [5, 5.41) is 10.7. The van der Waals surface area contributed by atoms with Crippen LogP contribution in [-0.2, 0) is 6.54 Å². The topological polar surface area (TPSA) is 85.5 Å². The monoisotopic (exact) mass is 261 g/mol. The summed E-state index contributed by atoms with van der Waals surface area (Å²) in [5.41, 5.74) is 7.04. The molecule has 0 saturated heterocycles. The van der Waals surface area contributed by atoms with E-state index in [1.165, 1.54) is 12.1 Å². The van der Waals surface area contributed by atoms with Crippen molar-refractivity contribution < 1.29 is 9.34 Å². The normalized spacial score (nSPS) is 10.4. The Labute approximate surface area is 110 Å². The number of hydrogen-bond donors (Lipinski definition) is 1. The third kappa shape index (κ3) is 2.85. The smallest absolute Gasteiger partial charge is 0.271 e. The predicted octanol–water partition coefficient (Wildman–Crippen LogP) is 2.80. The Morgan fingerprint density at radius 2 is 2.21 bits per heavy atom. The van der Waals surface area contributed by atoms with E-state index in [1.807, 2.05) is 24.0 Å². The van der Waals surface area contributed by atoms with Gasteiger partial charge in [0.25, 0.3) is 5.69 Å². The minimum atomic E-state index is -0.455. The summed E-state index contributed by atoms with van der Waals surface area (Å²) in [6.07, 6.45) is 1.61. The molecule has 0 unspecified atom stereocenters. The molecule has 0 bridgehead atoms. The SMILES string of the molecule is CCN(Cc1ccco1)c1ccc([N+](=O)[O-])cc1N. The minimum Gasteiger partial charge on any atom is -0.467 e. The Morgan fingerprint density at radius 3 is 2.74 bits per heavy atom. The fraction of sp³-hybridized carbons (Fsp3) is 0.231. The first-order valence-corrected chi connectivity index (χ1v) is 5.93. The van der Waals surface area contributed by atoms with Gasteiger partial charge in [0.15, 0.2) is 0 Å². The second kappa shape index (κ2) is 5.43. The highest BCUT2D eigenvalue weighted by Gasteiger charge is 2.14. The standard InChI is InChI=1S/C13H15N3O3/c1-2-15(9-11-4-3-7-19-11)13-6-5-10(16(17)18)8-12(13)14/h3-8H,2,9,14H2,1H3. The van der Waals surface area contributed by atoms with Gasteiger partial charge in [-0.25, -0.2) is 0 Å². The van der Waals surface area contributed by atoms with Crippen molar-refractivity contribution >= 4 is 17.1 Å². The van der Waals surface area contributed by atoms with Crippen LogP contribution < -0.4 is 10.6 Å². The molecule has 0 aliphatic rings. The first-order chi connectivity index (χ1) is 9.11. The average Bonchev–Trinajstić information content (AvgIpc) is 2.89. The van der Waals surface area contributed by atoms with Gasteiger partial charge in [0.05, 0.1) is 29.1 Å². The molecule has 0 radical (unpaired) electrons. The van der Waals surface area contributed by atoms with Crippen molar-refractivity contribution in [1.82, 2.24) is 0 Å². The number of nitrogen functional groups attached to an aromatic ring is 1. The summed E-state index contributed by atoms with van der Waals surface area (Å²) >= 11 is 0. The number of nitro benzene ring substituents is 1. The van der Waals surface area contributed by atoms with Crippen LogP contribution >= 0.6 is 0 Å². The molecular weight excluding hydrogens is 246 g/mol. The van der Waals surface area contributed by atoms with Crippen LogP contribution in [0.1, 0.15) is 12.7 Å². The van der Waals surface area contributed by atoms with Crippen molar-refractivity contribution in [3.63, 3.8) is 0 Å². The summed E-state index contributed by atoms with van der Waals surface area (Å²) in [7, 11) is 0. The van der Waals surface area contributed by atoms with Crippen molar-refractivity contribution in [2.24, 2.45) is 0 Å². The Kier molecular flexibility index (Phi) is 3.70. The molecule has 0 saturated carbocycles. The summed E-state index contributed by atoms with van der Waals surface area (Å²) < 4.78 is 5.30. The lowest BCUT2D eigenvalue weighted by Crippen LogP contribution is -2.22. The quantitative estimate of drug-likeness (QED) is 0.508. The Morgan fingerprint density at radius 1 is 1.42 bits per heavy atom. The molecule has 0 amide bonds. The number of nitrogens with zero attached hydrogens (tertiary/aromatic N) is 2. The highest BCUT2D eigenvalue weighted by molar-refractivity contribution is 5.70. The molecule has 100 valence electrons. The molecule has 1 aromatic carbocycles. The van der Waals surface area contributed by atoms with Gasteiger partial charge in [0, 0.05) is 18.7 Å². The number of hydrogen-bond acceptors (Lipinski definition) is 5. The van der Waals surface area contributed by atoms with Gasteiger partial charge < -0.3 is 15.1 Å². The lowest BCUT2D eigenvalue weighted by atomic mass is 10.2. The molecule has 2 rings (SSSR count). The highest BCUT2D eigenvalue weighted by atomic mass is 16.6. The van der Waals surface area contributed by atoms with Crippen LogP contribution in [0.15, 0.2) is 41.0 Å². The number of rotatable bonds is 5. The van der Waals surface area contributed by atoms with Crippen LogP contribution in [-0.4, -0.2) is 11.5 Å². The average molecular weight is 261 g/mol. The molecule has 0 atom stereocenters. The summed E-state index contributed by atoms with van der Waals surface area (Å²) in [4.78, 5) is 12.2. The van der Waals surface area contributed by atoms with Crippen molar-refractivity contribution in [3.05, 3.63) is 52.5 Å². The van der Waals surface area contributed by atoms with Gasteiger partial charge in [0.1, 0.15) is 5.76 Å². The molecule has 1 aromatic heterocycles. The van der Waals surface area contributed by atoms with E-state index in [9.17, 15) is 10.1 Å². The van der Waals surface area contributed by atoms with Gasteiger partial charge in [-0.15, -0.1) is 0 Å². The summed E-state index contributed by atoms with van der Waals surface area (Å²) in [6, 6.07) is 8.20. The second-order valence-corrected chi connectivity index (χ2v) is 4.09. The van der Waals surface area contributed by atoms with Crippen molar-refractivity contribution in [3.8, 4) is 0 Å². The lowest BCUT2D eigenvalue weighted by molar-refractivity contribution is -0.384. The Bertz CT molecular complexity index is 567. The minimum absolute atomic E-state index is 0.00435. The van der Waals surface area contributed by atoms with E-state index >= 15 is 0 Å². The van der Waals surface area contributed by atoms with Crippen LogP contribution in [0.5, 0.6) is 0 Å². The van der Waals surface area contributed by atoms with E-state index < -0.39 is 4.92 Å². The van der Waals surface area contributed by atoms with E-state index in [0.29, 0.717) is 12.2 Å². The van der Waals surface area contributed by atoms with Crippen molar-refractivity contribution in [1.29, 1.82) is 0 Å². The second-order valence-electron chi connectivity index (χ2n) is 4.09. The fourth-order valence-electron chi connectivity index (χ4n) is 1.90. The first-order valence-electron chi connectivity index (χ1n) is 5.93. The molecule has 0 spiro atoms. The third-order valence-electron chi connectivity index (χ3n) is 2.87. The molecule has 0 aliphatic carbocycles. The van der Waals surface area contributed by atoms with Gasteiger partial charge in [-0.1, -0.05) is 0 Å². The van der Waals surface area contributed by atoms with E-state index in [0.717, 1.165) is 18.0 Å². The molecule has 2 aromatic rings. The maximum Gasteiger partial charge on any atom is 0.271 e. The zero-order chi connectivity index (χ0) is 13.8. The van der Waals surface area contributed by atoms with Crippen molar-refractivity contribution in [2.75, 3.05) is 17.2 Å². The maximum atomic E-state index is 10.7. The summed E-state index contributed by atoms with van der Waals surface area (Å²) in [6.45, 7) is 3.29. The van der Waals surface area contributed by atoms with Crippen LogP contribution in [0.25, 0.3) is 0 Å². The van der Waals surface area contributed by atoms with Crippen LogP contribution in [0, 0.1) is 10.1 Å². The van der Waals surface area contributed by atoms with E-state index in [-0.39, 0.29) is 5.69 Å². The zero-order valence-corrected chi connectivity index (χ0v) is 10.6. The van der Waals surface area contributed by atoms with E-state index in [2.05, 4.69) is 0 Å². The number of furan rings is 1. The van der Waals surface area contributed by atoms with Crippen LogP contribution in [0.4, 0.5) is 17.1 Å². The third-order valence-corrected chi connectivity index (χ3v) is 2.87. The van der Waals surface area contributed by atoms with Gasteiger partial charge in [0.2, 0.25) is 0 Å². The molecule has 1 heterocycles. The maximum absolute atomic E-state index is 10.7. The van der Waals surface area contributed by atoms with E-state index in [4.69, 9.17) is 10.2 Å². The Hall–Kier alpha value is -2.50. The van der Waals surface area contributed by atoms with Gasteiger partial charge >= 0.3 is 0 Å². The highest BCUT2D eigenvalue weighted by Crippen LogP contribution is 2.28. The molecule has 19 heavy (non-hydrogen) atoms. The van der Waals surface area contributed by atoms with Gasteiger partial charge in [-0.05, 0) is 25.1 Å². The van der Waals surface area contributed by atoms with Crippen molar-refractivity contribution in [2.45, 2.75) is 13.5 Å². The van der Waals surface area contributed by atoms with Crippen LogP contribution in [0.3, 0.4) is 0 Å². The number of non-ortho nitro benzene ring substituents is 1. The molecule has 0 aliphatic heterocycles. The number of benzene rings is 1. The molecular formula is C13H15N3O3. The lowest BCUT2D eigenvalue weighted by Gasteiger charge is -2.23.